The maximum Gasteiger partial charge on any atom is 0.270 e. The molecule has 0 saturated carbocycles. The van der Waals surface area contributed by atoms with Crippen molar-refractivity contribution < 1.29 is 14.5 Å². The van der Waals surface area contributed by atoms with Crippen LogP contribution in [0.1, 0.15) is 10.4 Å². The lowest BCUT2D eigenvalue weighted by molar-refractivity contribution is -0.384. The smallest absolute Gasteiger partial charge is 0.270 e. The van der Waals surface area contributed by atoms with Crippen LogP contribution in [0.5, 0.6) is 5.88 Å². The van der Waals surface area contributed by atoms with Crippen molar-refractivity contribution >= 4 is 23.2 Å². The third-order valence-corrected chi connectivity index (χ3v) is 3.65. The zero-order valence-corrected chi connectivity index (χ0v) is 12.6. The number of carbonyl (C=O) groups excluding carboxylic acids is 1. The zero-order chi connectivity index (χ0) is 16.4. The molecule has 3 rings (SSSR count). The fraction of sp³-hybridized carbons (Fsp3) is 0.200. The quantitative estimate of drug-likeness (QED) is 0.634. The summed E-state index contributed by atoms with van der Waals surface area (Å²) in [5.41, 5.74) is 0.191. The maximum absolute atomic E-state index is 12.3. The standard InChI is InChI=1S/C15H12ClN3O4/c16-11-4-5-14(17-7-11)23-13-8-18(9-13)15(20)10-2-1-3-12(6-10)19(21)22/h1-7,13H,8-9H2. The van der Waals surface area contributed by atoms with Crippen LogP contribution in [-0.4, -0.2) is 39.9 Å². The van der Waals surface area contributed by atoms with E-state index in [1.54, 1.807) is 23.1 Å². The van der Waals surface area contributed by atoms with Crippen LogP contribution in [0, 0.1) is 10.1 Å². The second-order valence-electron chi connectivity index (χ2n) is 5.07. The summed E-state index contributed by atoms with van der Waals surface area (Å²) in [5.74, 6) is 0.194. The second kappa shape index (κ2) is 6.21. The molecule has 1 amide bonds. The van der Waals surface area contributed by atoms with E-state index in [2.05, 4.69) is 4.98 Å². The highest BCUT2D eigenvalue weighted by Crippen LogP contribution is 2.21. The lowest BCUT2D eigenvalue weighted by Gasteiger charge is -2.38. The Morgan fingerprint density at radius 3 is 2.78 bits per heavy atom. The molecule has 7 nitrogen and oxygen atoms in total. The van der Waals surface area contributed by atoms with Crippen molar-refractivity contribution in [2.24, 2.45) is 0 Å². The van der Waals surface area contributed by atoms with E-state index >= 15 is 0 Å². The lowest BCUT2D eigenvalue weighted by Crippen LogP contribution is -2.56. The molecule has 8 heteroatoms. The van der Waals surface area contributed by atoms with Crippen molar-refractivity contribution in [3.8, 4) is 5.88 Å². The largest absolute Gasteiger partial charge is 0.471 e. The van der Waals surface area contributed by atoms with Crippen molar-refractivity contribution in [3.05, 3.63) is 63.3 Å². The minimum absolute atomic E-state index is 0.102. The van der Waals surface area contributed by atoms with Crippen molar-refractivity contribution in [1.82, 2.24) is 9.88 Å². The number of pyridine rings is 1. The third kappa shape index (κ3) is 3.40. The molecule has 1 saturated heterocycles. The minimum atomic E-state index is -0.523. The topological polar surface area (TPSA) is 85.6 Å². The minimum Gasteiger partial charge on any atom is -0.471 e. The van der Waals surface area contributed by atoms with Crippen molar-refractivity contribution in [2.75, 3.05) is 13.1 Å². The van der Waals surface area contributed by atoms with Gasteiger partial charge in [-0.1, -0.05) is 17.7 Å². The summed E-state index contributed by atoms with van der Waals surface area (Å²) >= 11 is 5.74. The number of nitro benzene ring substituents is 1. The highest BCUT2D eigenvalue weighted by molar-refractivity contribution is 6.30. The predicted molar refractivity (Wildman–Crippen MR) is 82.7 cm³/mol. The Morgan fingerprint density at radius 1 is 1.35 bits per heavy atom. The first kappa shape index (κ1) is 15.2. The van der Waals surface area contributed by atoms with Gasteiger partial charge in [0.15, 0.2) is 0 Å². The summed E-state index contributed by atoms with van der Waals surface area (Å²) in [6, 6.07) is 9.02. The predicted octanol–water partition coefficient (Wildman–Crippen LogP) is 2.55. The van der Waals surface area contributed by atoms with E-state index < -0.39 is 4.92 Å². The number of likely N-dealkylation sites (tertiary alicyclic amines) is 1. The average Bonchev–Trinajstić information content (AvgIpc) is 2.51. The highest BCUT2D eigenvalue weighted by atomic mass is 35.5. The van der Waals surface area contributed by atoms with Gasteiger partial charge in [0.1, 0.15) is 6.10 Å². The number of amides is 1. The summed E-state index contributed by atoms with van der Waals surface area (Å²) in [7, 11) is 0. The summed E-state index contributed by atoms with van der Waals surface area (Å²) < 4.78 is 5.61. The van der Waals surface area contributed by atoms with Crippen LogP contribution in [0.4, 0.5) is 5.69 Å². The Balaban J connectivity index is 1.58. The fourth-order valence-electron chi connectivity index (χ4n) is 2.22. The van der Waals surface area contributed by atoms with Gasteiger partial charge in [-0.05, 0) is 12.1 Å². The molecule has 1 aliphatic heterocycles. The van der Waals surface area contributed by atoms with E-state index in [1.165, 1.54) is 24.4 Å². The van der Waals surface area contributed by atoms with Gasteiger partial charge >= 0.3 is 0 Å². The van der Waals surface area contributed by atoms with Crippen molar-refractivity contribution in [3.63, 3.8) is 0 Å². The lowest BCUT2D eigenvalue weighted by atomic mass is 10.1. The molecule has 0 aliphatic carbocycles. The van der Waals surface area contributed by atoms with E-state index in [1.807, 2.05) is 0 Å². The van der Waals surface area contributed by atoms with E-state index in [4.69, 9.17) is 16.3 Å². The SMILES string of the molecule is O=C(c1cccc([N+](=O)[O-])c1)N1CC(Oc2ccc(Cl)cn2)C1. The summed E-state index contributed by atoms with van der Waals surface area (Å²) in [4.78, 5) is 28.1. The average molecular weight is 334 g/mol. The van der Waals surface area contributed by atoms with Gasteiger partial charge in [0.2, 0.25) is 5.88 Å². The second-order valence-corrected chi connectivity index (χ2v) is 5.51. The van der Waals surface area contributed by atoms with Gasteiger partial charge in [0.05, 0.1) is 23.0 Å². The number of ether oxygens (including phenoxy) is 1. The molecule has 0 unspecified atom stereocenters. The van der Waals surface area contributed by atoms with Gasteiger partial charge in [-0.3, -0.25) is 14.9 Å². The maximum atomic E-state index is 12.3. The van der Waals surface area contributed by atoms with Gasteiger partial charge in [0.25, 0.3) is 11.6 Å². The molecule has 0 N–H and O–H groups in total. The number of nitro groups is 1. The van der Waals surface area contributed by atoms with Gasteiger partial charge in [-0.15, -0.1) is 0 Å². The molecule has 23 heavy (non-hydrogen) atoms. The normalized spacial score (nSPS) is 14.2. The molecular weight excluding hydrogens is 322 g/mol. The number of carbonyl (C=O) groups is 1. The van der Waals surface area contributed by atoms with Crippen LogP contribution < -0.4 is 4.74 Å². The van der Waals surface area contributed by atoms with Crippen molar-refractivity contribution in [1.29, 1.82) is 0 Å². The Morgan fingerprint density at radius 2 is 2.13 bits per heavy atom. The number of rotatable bonds is 4. The van der Waals surface area contributed by atoms with E-state index in [9.17, 15) is 14.9 Å². The molecule has 0 radical (unpaired) electrons. The fourth-order valence-corrected chi connectivity index (χ4v) is 2.33. The van der Waals surface area contributed by atoms with E-state index in [-0.39, 0.29) is 17.7 Å². The number of halogens is 1. The van der Waals surface area contributed by atoms with Gasteiger partial charge < -0.3 is 9.64 Å². The number of hydrogen-bond donors (Lipinski definition) is 0. The third-order valence-electron chi connectivity index (χ3n) is 3.43. The molecule has 0 bridgehead atoms. The molecule has 0 spiro atoms. The molecule has 1 fully saturated rings. The Hall–Kier alpha value is -2.67. The van der Waals surface area contributed by atoms with E-state index in [0.717, 1.165) is 0 Å². The molecule has 0 atom stereocenters. The molecular formula is C15H12ClN3O4. The number of benzene rings is 1. The Bertz CT molecular complexity index is 745. The zero-order valence-electron chi connectivity index (χ0n) is 11.9. The number of hydrogen-bond acceptors (Lipinski definition) is 5. The van der Waals surface area contributed by atoms with Crippen LogP contribution >= 0.6 is 11.6 Å². The molecule has 2 aromatic rings. The first-order chi connectivity index (χ1) is 11.0. The van der Waals surface area contributed by atoms with Crippen molar-refractivity contribution in [2.45, 2.75) is 6.10 Å². The van der Waals surface area contributed by atoms with Gasteiger partial charge in [-0.25, -0.2) is 4.98 Å². The Labute approximate surface area is 136 Å². The van der Waals surface area contributed by atoms with Crippen LogP contribution in [0.25, 0.3) is 0 Å². The highest BCUT2D eigenvalue weighted by Gasteiger charge is 2.33. The monoisotopic (exact) mass is 333 g/mol. The molecule has 2 heterocycles. The van der Waals surface area contributed by atoms with Gasteiger partial charge in [-0.2, -0.15) is 0 Å². The summed E-state index contributed by atoms with van der Waals surface area (Å²) in [6.07, 6.45) is 1.34. The Kier molecular flexibility index (Phi) is 4.12. The first-order valence-corrected chi connectivity index (χ1v) is 7.22. The first-order valence-electron chi connectivity index (χ1n) is 6.85. The number of aromatic nitrogens is 1. The van der Waals surface area contributed by atoms with Crippen LogP contribution in [-0.2, 0) is 0 Å². The number of non-ortho nitro benzene ring substituents is 1. The van der Waals surface area contributed by atoms with Crippen LogP contribution in [0.15, 0.2) is 42.6 Å². The summed E-state index contributed by atoms with van der Waals surface area (Å²) in [5, 5.41) is 11.3. The van der Waals surface area contributed by atoms with Gasteiger partial charge in [0, 0.05) is 30.0 Å². The summed E-state index contributed by atoms with van der Waals surface area (Å²) in [6.45, 7) is 0.817. The molecule has 1 aliphatic rings. The molecule has 1 aromatic carbocycles. The molecule has 1 aromatic heterocycles. The van der Waals surface area contributed by atoms with Crippen LogP contribution in [0.2, 0.25) is 5.02 Å². The number of nitrogens with zero attached hydrogens (tertiary/aromatic N) is 3. The van der Waals surface area contributed by atoms with E-state index in [0.29, 0.717) is 29.6 Å². The molecule has 118 valence electrons. The van der Waals surface area contributed by atoms with Crippen LogP contribution in [0.3, 0.4) is 0 Å².